The number of β-amino-alcohol motifs (C(OH)–C–C–N with tert-alkyl or cyclic N) is 1. The molecule has 2 N–H and O–H groups in total. The first-order valence-electron chi connectivity index (χ1n) is 5.55. The Morgan fingerprint density at radius 1 is 1.50 bits per heavy atom. The predicted molar refractivity (Wildman–Crippen MR) is 56.8 cm³/mol. The van der Waals surface area contributed by atoms with Gasteiger partial charge in [-0.15, -0.1) is 0 Å². The number of carbonyl (C=O) groups is 2. The van der Waals surface area contributed by atoms with Gasteiger partial charge in [0.2, 0.25) is 5.91 Å². The van der Waals surface area contributed by atoms with Crippen LogP contribution in [0.4, 0.5) is 4.79 Å². The van der Waals surface area contributed by atoms with Crippen LogP contribution in [-0.2, 0) is 4.79 Å². The summed E-state index contributed by atoms with van der Waals surface area (Å²) in [4.78, 5) is 25.4. The highest BCUT2D eigenvalue weighted by atomic mass is 16.3. The van der Waals surface area contributed by atoms with Gasteiger partial charge in [0.05, 0.1) is 12.6 Å². The zero-order valence-electron chi connectivity index (χ0n) is 9.35. The molecule has 3 amide bonds. The summed E-state index contributed by atoms with van der Waals surface area (Å²) in [5, 5.41) is 12.8. The number of amides is 3. The zero-order chi connectivity index (χ0) is 11.7. The fourth-order valence-electron chi connectivity index (χ4n) is 1.71. The third-order valence-corrected chi connectivity index (χ3v) is 2.84. The summed E-state index contributed by atoms with van der Waals surface area (Å²) in [5.41, 5.74) is 0. The van der Waals surface area contributed by atoms with E-state index >= 15 is 0 Å². The Morgan fingerprint density at radius 2 is 2.19 bits per heavy atom. The summed E-state index contributed by atoms with van der Waals surface area (Å²) >= 11 is 0. The molecule has 0 aromatic carbocycles. The van der Waals surface area contributed by atoms with Crippen molar-refractivity contribution in [3.8, 4) is 0 Å². The van der Waals surface area contributed by atoms with Crippen molar-refractivity contribution in [2.75, 3.05) is 26.7 Å². The molecule has 1 heterocycles. The van der Waals surface area contributed by atoms with E-state index in [1.807, 2.05) is 0 Å². The lowest BCUT2D eigenvalue weighted by Crippen LogP contribution is -2.42. The molecule has 1 atom stereocenters. The van der Waals surface area contributed by atoms with E-state index in [2.05, 4.69) is 5.32 Å². The van der Waals surface area contributed by atoms with Crippen molar-refractivity contribution in [3.63, 3.8) is 0 Å². The highest BCUT2D eigenvalue weighted by Crippen LogP contribution is 2.18. The number of imide groups is 1. The summed E-state index contributed by atoms with van der Waals surface area (Å²) < 4.78 is 0. The van der Waals surface area contributed by atoms with Crippen LogP contribution in [0.1, 0.15) is 12.8 Å². The van der Waals surface area contributed by atoms with Crippen LogP contribution in [0.15, 0.2) is 0 Å². The maximum absolute atomic E-state index is 11.5. The van der Waals surface area contributed by atoms with Crippen molar-refractivity contribution in [1.29, 1.82) is 0 Å². The second kappa shape index (κ2) is 4.39. The van der Waals surface area contributed by atoms with Gasteiger partial charge in [0.15, 0.2) is 0 Å². The molecule has 6 heteroatoms. The van der Waals surface area contributed by atoms with Crippen LogP contribution in [0.5, 0.6) is 0 Å². The standard InChI is InChI=1S/C10H17N3O3/c1-12-6-9(15)13(10(12)16)5-8(14)4-11-7-2-3-7/h7-8,11,14H,2-6H2,1H3. The van der Waals surface area contributed by atoms with Gasteiger partial charge in [-0.25, -0.2) is 4.79 Å². The summed E-state index contributed by atoms with van der Waals surface area (Å²) in [5.74, 6) is -0.238. The Bertz CT molecular complexity index is 304. The van der Waals surface area contributed by atoms with Crippen molar-refractivity contribution in [1.82, 2.24) is 15.1 Å². The Hall–Kier alpha value is -1.14. The predicted octanol–water partition coefficient (Wildman–Crippen LogP) is -1.01. The van der Waals surface area contributed by atoms with Crippen molar-refractivity contribution in [3.05, 3.63) is 0 Å². The number of urea groups is 1. The third kappa shape index (κ3) is 2.51. The van der Waals surface area contributed by atoms with Gasteiger partial charge in [0.1, 0.15) is 6.54 Å². The minimum absolute atomic E-state index is 0.0850. The molecule has 1 saturated carbocycles. The van der Waals surface area contributed by atoms with Crippen molar-refractivity contribution >= 4 is 11.9 Å². The molecule has 2 aliphatic rings. The molecule has 0 radical (unpaired) electrons. The molecular weight excluding hydrogens is 210 g/mol. The zero-order valence-corrected chi connectivity index (χ0v) is 9.35. The molecule has 1 saturated heterocycles. The molecule has 0 aromatic rings. The second-order valence-corrected chi connectivity index (χ2v) is 4.48. The average molecular weight is 227 g/mol. The van der Waals surface area contributed by atoms with E-state index in [4.69, 9.17) is 0 Å². The van der Waals surface area contributed by atoms with E-state index in [0.717, 1.165) is 17.7 Å². The monoisotopic (exact) mass is 227 g/mol. The molecule has 1 aliphatic heterocycles. The number of aliphatic hydroxyl groups is 1. The molecule has 1 unspecified atom stereocenters. The molecule has 2 rings (SSSR count). The molecule has 2 fully saturated rings. The van der Waals surface area contributed by atoms with Gasteiger partial charge in [-0.3, -0.25) is 9.69 Å². The second-order valence-electron chi connectivity index (χ2n) is 4.48. The van der Waals surface area contributed by atoms with E-state index in [1.165, 1.54) is 4.90 Å². The fourth-order valence-corrected chi connectivity index (χ4v) is 1.71. The van der Waals surface area contributed by atoms with Crippen LogP contribution in [0.2, 0.25) is 0 Å². The lowest BCUT2D eigenvalue weighted by molar-refractivity contribution is -0.126. The largest absolute Gasteiger partial charge is 0.390 e. The lowest BCUT2D eigenvalue weighted by atomic mass is 10.3. The minimum atomic E-state index is -0.681. The van der Waals surface area contributed by atoms with Gasteiger partial charge in [-0.2, -0.15) is 0 Å². The van der Waals surface area contributed by atoms with Crippen LogP contribution in [0, 0.1) is 0 Å². The van der Waals surface area contributed by atoms with Gasteiger partial charge in [-0.05, 0) is 12.8 Å². The number of hydrogen-bond acceptors (Lipinski definition) is 4. The maximum atomic E-state index is 11.5. The molecule has 0 bridgehead atoms. The van der Waals surface area contributed by atoms with Gasteiger partial charge < -0.3 is 15.3 Å². The first kappa shape index (κ1) is 11.3. The van der Waals surface area contributed by atoms with Crippen LogP contribution < -0.4 is 5.32 Å². The van der Waals surface area contributed by atoms with E-state index in [-0.39, 0.29) is 25.0 Å². The third-order valence-electron chi connectivity index (χ3n) is 2.84. The molecule has 16 heavy (non-hydrogen) atoms. The number of likely N-dealkylation sites (N-methyl/N-ethyl adjacent to an activating group) is 1. The maximum Gasteiger partial charge on any atom is 0.327 e. The average Bonchev–Trinajstić information content (AvgIpc) is 3.01. The summed E-state index contributed by atoms with van der Waals surface area (Å²) in [6, 6.07) is 0.192. The Labute approximate surface area is 94.2 Å². The van der Waals surface area contributed by atoms with E-state index in [0.29, 0.717) is 12.6 Å². The molecule has 1 aliphatic carbocycles. The van der Waals surface area contributed by atoms with Gasteiger partial charge >= 0.3 is 6.03 Å². The topological polar surface area (TPSA) is 72.9 Å². The highest BCUT2D eigenvalue weighted by molar-refractivity contribution is 6.01. The Kier molecular flexibility index (Phi) is 3.11. The molecule has 90 valence electrons. The van der Waals surface area contributed by atoms with Crippen LogP contribution in [-0.4, -0.2) is 65.7 Å². The van der Waals surface area contributed by atoms with E-state index < -0.39 is 6.10 Å². The van der Waals surface area contributed by atoms with E-state index in [9.17, 15) is 14.7 Å². The summed E-state index contributed by atoms with van der Waals surface area (Å²) in [7, 11) is 1.58. The number of nitrogens with one attached hydrogen (secondary N) is 1. The van der Waals surface area contributed by atoms with Crippen molar-refractivity contribution in [2.45, 2.75) is 25.0 Å². The number of nitrogens with zero attached hydrogens (tertiary/aromatic N) is 2. The van der Waals surface area contributed by atoms with Gasteiger partial charge in [-0.1, -0.05) is 0 Å². The Balaban J connectivity index is 1.78. The number of aliphatic hydroxyl groups excluding tert-OH is 1. The molecule has 0 aromatic heterocycles. The minimum Gasteiger partial charge on any atom is -0.390 e. The van der Waals surface area contributed by atoms with Crippen molar-refractivity contribution in [2.24, 2.45) is 0 Å². The van der Waals surface area contributed by atoms with Crippen molar-refractivity contribution < 1.29 is 14.7 Å². The van der Waals surface area contributed by atoms with Crippen LogP contribution >= 0.6 is 0 Å². The first-order valence-corrected chi connectivity index (χ1v) is 5.55. The number of carbonyl (C=O) groups excluding carboxylic acids is 2. The van der Waals surface area contributed by atoms with Crippen LogP contribution in [0.25, 0.3) is 0 Å². The SMILES string of the molecule is CN1CC(=O)N(CC(O)CNC2CC2)C1=O. The normalized spacial score (nSPS) is 23.1. The Morgan fingerprint density at radius 3 is 2.69 bits per heavy atom. The summed E-state index contributed by atoms with van der Waals surface area (Å²) in [6.07, 6.45) is 1.62. The lowest BCUT2D eigenvalue weighted by Gasteiger charge is -2.18. The first-order chi connectivity index (χ1) is 7.58. The fraction of sp³-hybridized carbons (Fsp3) is 0.800. The quantitative estimate of drug-likeness (QED) is 0.590. The van der Waals surface area contributed by atoms with Gasteiger partial charge in [0, 0.05) is 19.6 Å². The highest BCUT2D eigenvalue weighted by Gasteiger charge is 2.34. The molecule has 0 spiro atoms. The van der Waals surface area contributed by atoms with Crippen LogP contribution in [0.3, 0.4) is 0 Å². The number of hydrogen-bond donors (Lipinski definition) is 2. The summed E-state index contributed by atoms with van der Waals surface area (Å²) in [6.45, 7) is 0.634. The van der Waals surface area contributed by atoms with Gasteiger partial charge in [0.25, 0.3) is 0 Å². The molecule has 6 nitrogen and oxygen atoms in total. The smallest absolute Gasteiger partial charge is 0.327 e. The van der Waals surface area contributed by atoms with E-state index in [1.54, 1.807) is 7.05 Å². The number of rotatable bonds is 5. The molecular formula is C10H17N3O3.